The van der Waals surface area contributed by atoms with Gasteiger partial charge in [0.2, 0.25) is 5.91 Å². The predicted molar refractivity (Wildman–Crippen MR) is 93.8 cm³/mol. The average molecular weight is 343 g/mol. The van der Waals surface area contributed by atoms with Gasteiger partial charge in [0, 0.05) is 19.1 Å². The van der Waals surface area contributed by atoms with Gasteiger partial charge in [-0.25, -0.2) is 4.98 Å². The second-order valence-electron chi connectivity index (χ2n) is 6.58. The molecule has 1 aromatic heterocycles. The second kappa shape index (κ2) is 8.22. The highest BCUT2D eigenvalue weighted by Gasteiger charge is 2.32. The van der Waals surface area contributed by atoms with Crippen LogP contribution in [0.3, 0.4) is 0 Å². The molecule has 0 bridgehead atoms. The number of carbonyl (C=O) groups excluding carboxylic acids is 1. The summed E-state index contributed by atoms with van der Waals surface area (Å²) in [5, 5.41) is 7.19. The van der Waals surface area contributed by atoms with Crippen molar-refractivity contribution in [1.82, 2.24) is 25.0 Å². The second-order valence-corrected chi connectivity index (χ2v) is 6.58. The van der Waals surface area contributed by atoms with E-state index in [9.17, 15) is 4.79 Å². The zero-order valence-electron chi connectivity index (χ0n) is 14.7. The van der Waals surface area contributed by atoms with Crippen molar-refractivity contribution in [3.8, 4) is 0 Å². The summed E-state index contributed by atoms with van der Waals surface area (Å²) >= 11 is 0. The van der Waals surface area contributed by atoms with Crippen LogP contribution in [0, 0.1) is 0 Å². The molecule has 1 aromatic carbocycles. The molecule has 7 heteroatoms. The predicted octanol–water partition coefficient (Wildman–Crippen LogP) is 1.24. The first-order valence-electron chi connectivity index (χ1n) is 8.67. The smallest absolute Gasteiger partial charge is 0.242 e. The summed E-state index contributed by atoms with van der Waals surface area (Å²) in [5.74, 6) is 0.0302. The monoisotopic (exact) mass is 343 g/mol. The SMILES string of the molecule is CC(C)NC(=O)[C@@H](c1ccccc1)N1CCO[C@H](Cn2cncn2)C1. The molecule has 1 aliphatic rings. The highest BCUT2D eigenvalue weighted by atomic mass is 16.5. The van der Waals surface area contributed by atoms with E-state index in [2.05, 4.69) is 20.3 Å². The van der Waals surface area contributed by atoms with Gasteiger partial charge in [-0.15, -0.1) is 0 Å². The van der Waals surface area contributed by atoms with E-state index >= 15 is 0 Å². The van der Waals surface area contributed by atoms with Gasteiger partial charge < -0.3 is 10.1 Å². The molecule has 0 radical (unpaired) electrons. The molecule has 3 rings (SSSR count). The van der Waals surface area contributed by atoms with Gasteiger partial charge in [0.05, 0.1) is 19.3 Å². The third-order valence-electron chi connectivity index (χ3n) is 4.19. The summed E-state index contributed by atoms with van der Waals surface area (Å²) in [6.45, 7) is 6.57. The topological polar surface area (TPSA) is 72.3 Å². The molecule has 2 heterocycles. The number of nitrogens with one attached hydrogen (secondary N) is 1. The number of carbonyl (C=O) groups is 1. The number of rotatable bonds is 6. The van der Waals surface area contributed by atoms with Gasteiger partial charge in [0.25, 0.3) is 0 Å². The molecule has 0 saturated carbocycles. The van der Waals surface area contributed by atoms with Crippen LogP contribution in [-0.2, 0) is 16.1 Å². The van der Waals surface area contributed by atoms with Crippen molar-refractivity contribution in [1.29, 1.82) is 0 Å². The molecular weight excluding hydrogens is 318 g/mol. The van der Waals surface area contributed by atoms with Crippen molar-refractivity contribution in [2.24, 2.45) is 0 Å². The van der Waals surface area contributed by atoms with E-state index in [1.54, 1.807) is 11.0 Å². The number of hydrogen-bond acceptors (Lipinski definition) is 5. The van der Waals surface area contributed by atoms with Crippen LogP contribution in [0.4, 0.5) is 0 Å². The molecule has 1 saturated heterocycles. The summed E-state index contributed by atoms with van der Waals surface area (Å²) in [5.41, 5.74) is 1.00. The largest absolute Gasteiger partial charge is 0.374 e. The summed E-state index contributed by atoms with van der Waals surface area (Å²) in [6.07, 6.45) is 3.18. The number of amides is 1. The van der Waals surface area contributed by atoms with Gasteiger partial charge in [-0.1, -0.05) is 30.3 Å². The van der Waals surface area contributed by atoms with Crippen LogP contribution in [-0.4, -0.2) is 57.4 Å². The third-order valence-corrected chi connectivity index (χ3v) is 4.19. The van der Waals surface area contributed by atoms with E-state index in [0.29, 0.717) is 19.7 Å². The maximum absolute atomic E-state index is 12.9. The molecule has 1 aliphatic heterocycles. The number of nitrogens with zero attached hydrogens (tertiary/aromatic N) is 4. The zero-order chi connectivity index (χ0) is 17.6. The molecule has 0 aliphatic carbocycles. The summed E-state index contributed by atoms with van der Waals surface area (Å²) < 4.78 is 7.63. The fourth-order valence-electron chi connectivity index (χ4n) is 3.15. The number of morpholine rings is 1. The maximum Gasteiger partial charge on any atom is 0.242 e. The van der Waals surface area contributed by atoms with Gasteiger partial charge in [-0.3, -0.25) is 14.4 Å². The first kappa shape index (κ1) is 17.6. The minimum atomic E-state index is -0.314. The molecule has 0 spiro atoms. The Morgan fingerprint density at radius 2 is 2.16 bits per heavy atom. The van der Waals surface area contributed by atoms with Gasteiger partial charge >= 0.3 is 0 Å². The van der Waals surface area contributed by atoms with E-state index in [0.717, 1.165) is 12.1 Å². The number of benzene rings is 1. The van der Waals surface area contributed by atoms with Crippen molar-refractivity contribution in [2.45, 2.75) is 38.6 Å². The fraction of sp³-hybridized carbons (Fsp3) is 0.500. The normalized spacial score (nSPS) is 19.7. The van der Waals surface area contributed by atoms with E-state index in [1.807, 2.05) is 44.2 Å². The van der Waals surface area contributed by atoms with Gasteiger partial charge in [0.1, 0.15) is 18.7 Å². The third kappa shape index (κ3) is 4.64. The number of aromatic nitrogens is 3. The van der Waals surface area contributed by atoms with Crippen LogP contribution in [0.2, 0.25) is 0 Å². The molecule has 134 valence electrons. The van der Waals surface area contributed by atoms with Crippen LogP contribution >= 0.6 is 0 Å². The minimum Gasteiger partial charge on any atom is -0.374 e. The van der Waals surface area contributed by atoms with Crippen molar-refractivity contribution < 1.29 is 9.53 Å². The Hall–Kier alpha value is -2.25. The Balaban J connectivity index is 1.76. The van der Waals surface area contributed by atoms with Crippen molar-refractivity contribution in [2.75, 3.05) is 19.7 Å². The number of ether oxygens (including phenoxy) is 1. The lowest BCUT2D eigenvalue weighted by atomic mass is 10.0. The molecule has 7 nitrogen and oxygen atoms in total. The van der Waals surface area contributed by atoms with E-state index in [1.165, 1.54) is 6.33 Å². The Labute approximate surface area is 148 Å². The summed E-state index contributed by atoms with van der Waals surface area (Å²) in [6, 6.07) is 9.71. The lowest BCUT2D eigenvalue weighted by molar-refractivity contribution is -0.131. The van der Waals surface area contributed by atoms with Gasteiger partial charge in [0.15, 0.2) is 0 Å². The highest BCUT2D eigenvalue weighted by molar-refractivity contribution is 5.83. The molecule has 2 aromatic rings. The average Bonchev–Trinajstić information content (AvgIpc) is 3.09. The van der Waals surface area contributed by atoms with E-state index in [-0.39, 0.29) is 24.1 Å². The zero-order valence-corrected chi connectivity index (χ0v) is 14.7. The Kier molecular flexibility index (Phi) is 5.78. The standard InChI is InChI=1S/C18H25N5O2/c1-14(2)21-18(24)17(15-6-4-3-5-7-15)22-8-9-25-16(10-22)11-23-13-19-12-20-23/h3-7,12-14,16-17H,8-11H2,1-2H3,(H,21,24)/t16-,17+/m0/s1. The van der Waals surface area contributed by atoms with Gasteiger partial charge in [-0.05, 0) is 19.4 Å². The Morgan fingerprint density at radius 1 is 1.36 bits per heavy atom. The first-order chi connectivity index (χ1) is 12.1. The molecule has 0 unspecified atom stereocenters. The molecule has 1 fully saturated rings. The van der Waals surface area contributed by atoms with Crippen LogP contribution in [0.5, 0.6) is 0 Å². The van der Waals surface area contributed by atoms with Crippen LogP contribution in [0.15, 0.2) is 43.0 Å². The first-order valence-corrected chi connectivity index (χ1v) is 8.67. The lowest BCUT2D eigenvalue weighted by Gasteiger charge is -2.38. The van der Waals surface area contributed by atoms with Crippen molar-refractivity contribution in [3.63, 3.8) is 0 Å². The van der Waals surface area contributed by atoms with E-state index < -0.39 is 0 Å². The van der Waals surface area contributed by atoms with Crippen molar-refractivity contribution >= 4 is 5.91 Å². The van der Waals surface area contributed by atoms with Gasteiger partial charge in [-0.2, -0.15) is 5.10 Å². The van der Waals surface area contributed by atoms with Crippen LogP contribution in [0.1, 0.15) is 25.5 Å². The number of hydrogen-bond donors (Lipinski definition) is 1. The fourth-order valence-corrected chi connectivity index (χ4v) is 3.15. The van der Waals surface area contributed by atoms with Crippen molar-refractivity contribution in [3.05, 3.63) is 48.5 Å². The van der Waals surface area contributed by atoms with Crippen LogP contribution in [0.25, 0.3) is 0 Å². The Morgan fingerprint density at radius 3 is 2.84 bits per heavy atom. The molecular formula is C18H25N5O2. The summed E-state index contributed by atoms with van der Waals surface area (Å²) in [7, 11) is 0. The molecule has 25 heavy (non-hydrogen) atoms. The molecule has 1 amide bonds. The molecule has 1 N–H and O–H groups in total. The quantitative estimate of drug-likeness (QED) is 0.854. The minimum absolute atomic E-state index is 0.0199. The molecule has 2 atom stereocenters. The van der Waals surface area contributed by atoms with Crippen LogP contribution < -0.4 is 5.32 Å². The highest BCUT2D eigenvalue weighted by Crippen LogP contribution is 2.24. The lowest BCUT2D eigenvalue weighted by Crippen LogP contribution is -2.50. The van der Waals surface area contributed by atoms with E-state index in [4.69, 9.17) is 4.74 Å². The summed E-state index contributed by atoms with van der Waals surface area (Å²) in [4.78, 5) is 19.0. The maximum atomic E-state index is 12.9. The Bertz CT molecular complexity index is 659.